The molecular formula is C22H35Cl2N3O. The highest BCUT2D eigenvalue weighted by Gasteiger charge is 2.48. The molecule has 0 aromatic heterocycles. The van der Waals surface area contributed by atoms with Crippen LogP contribution < -0.4 is 11.1 Å². The summed E-state index contributed by atoms with van der Waals surface area (Å²) in [4.78, 5) is 15.1. The van der Waals surface area contributed by atoms with Crippen molar-refractivity contribution in [2.45, 2.75) is 58.2 Å². The van der Waals surface area contributed by atoms with Gasteiger partial charge in [0.05, 0.1) is 5.92 Å². The summed E-state index contributed by atoms with van der Waals surface area (Å²) in [6.45, 7) is 6.43. The number of amides is 1. The Kier molecular flexibility index (Phi) is 8.62. The molecule has 3 aliphatic rings. The van der Waals surface area contributed by atoms with E-state index in [9.17, 15) is 4.79 Å². The largest absolute Gasteiger partial charge is 0.352 e. The number of halogens is 2. The van der Waals surface area contributed by atoms with Gasteiger partial charge in [-0.05, 0) is 74.1 Å². The smallest absolute Gasteiger partial charge is 0.225 e. The molecule has 4 unspecified atom stereocenters. The minimum atomic E-state index is 0. The highest BCUT2D eigenvalue weighted by atomic mass is 35.5. The van der Waals surface area contributed by atoms with Crippen LogP contribution in [0.1, 0.15) is 50.2 Å². The van der Waals surface area contributed by atoms with Gasteiger partial charge in [0.1, 0.15) is 0 Å². The van der Waals surface area contributed by atoms with E-state index in [4.69, 9.17) is 5.73 Å². The molecule has 1 aliphatic heterocycles. The van der Waals surface area contributed by atoms with Gasteiger partial charge in [0.15, 0.2) is 0 Å². The number of rotatable bonds is 5. The fourth-order valence-electron chi connectivity index (χ4n) is 5.27. The second-order valence-corrected chi connectivity index (χ2v) is 8.93. The van der Waals surface area contributed by atoms with E-state index in [1.807, 2.05) is 0 Å². The van der Waals surface area contributed by atoms with Crippen LogP contribution in [0.2, 0.25) is 0 Å². The van der Waals surface area contributed by atoms with Gasteiger partial charge in [-0.25, -0.2) is 0 Å². The van der Waals surface area contributed by atoms with Gasteiger partial charge in [-0.2, -0.15) is 0 Å². The molecule has 1 saturated heterocycles. The van der Waals surface area contributed by atoms with E-state index in [1.165, 1.54) is 49.9 Å². The number of hydrogen-bond acceptors (Lipinski definition) is 3. The van der Waals surface area contributed by atoms with Gasteiger partial charge in [-0.3, -0.25) is 9.69 Å². The number of likely N-dealkylation sites (tertiary alicyclic amines) is 1. The Hall–Kier alpha value is -0.810. The lowest BCUT2D eigenvalue weighted by atomic mass is 9.84. The molecule has 1 aromatic rings. The van der Waals surface area contributed by atoms with E-state index >= 15 is 0 Å². The van der Waals surface area contributed by atoms with Crippen molar-refractivity contribution < 1.29 is 4.79 Å². The molecule has 28 heavy (non-hydrogen) atoms. The zero-order chi connectivity index (χ0) is 18.1. The first kappa shape index (κ1) is 23.5. The van der Waals surface area contributed by atoms with Crippen LogP contribution in [-0.4, -0.2) is 29.9 Å². The zero-order valence-corrected chi connectivity index (χ0v) is 18.4. The first-order valence-electron chi connectivity index (χ1n) is 10.4. The fourth-order valence-corrected chi connectivity index (χ4v) is 5.27. The van der Waals surface area contributed by atoms with Crippen LogP contribution in [-0.2, 0) is 17.9 Å². The minimum Gasteiger partial charge on any atom is -0.352 e. The molecule has 2 aliphatic carbocycles. The molecule has 2 bridgehead atoms. The van der Waals surface area contributed by atoms with E-state index in [0.717, 1.165) is 18.9 Å². The van der Waals surface area contributed by atoms with Crippen LogP contribution in [0.4, 0.5) is 0 Å². The predicted octanol–water partition coefficient (Wildman–Crippen LogP) is 3.75. The third-order valence-corrected chi connectivity index (χ3v) is 7.06. The molecule has 1 amide bonds. The lowest BCUT2D eigenvalue weighted by molar-refractivity contribution is -0.127. The van der Waals surface area contributed by atoms with E-state index < -0.39 is 0 Å². The number of nitrogens with zero attached hydrogens (tertiary/aromatic N) is 1. The van der Waals surface area contributed by atoms with E-state index in [-0.39, 0.29) is 42.7 Å². The van der Waals surface area contributed by atoms with E-state index in [2.05, 4.69) is 41.4 Å². The summed E-state index contributed by atoms with van der Waals surface area (Å²) >= 11 is 0. The van der Waals surface area contributed by atoms with Gasteiger partial charge in [-0.1, -0.05) is 31.2 Å². The van der Waals surface area contributed by atoms with Crippen molar-refractivity contribution >= 4 is 30.7 Å². The maximum Gasteiger partial charge on any atom is 0.225 e. The number of fused-ring (bicyclic) bond motifs is 2. The summed E-state index contributed by atoms with van der Waals surface area (Å²) in [5, 5.41) is 3.13. The standard InChI is InChI=1S/C22H33N3O.2ClH/c1-15-8-10-25(11-9-15)14-17-4-2-16(3-5-17)13-24-22(26)20-18-6-7-19(12-18)21(20)23;;/h2-5,15,18-21H,6-14,23H2,1H3,(H,24,26);2*1H. The average molecular weight is 428 g/mol. The minimum absolute atomic E-state index is 0. The maximum absolute atomic E-state index is 12.6. The van der Waals surface area contributed by atoms with E-state index in [0.29, 0.717) is 18.4 Å². The lowest BCUT2D eigenvalue weighted by Crippen LogP contribution is -2.45. The summed E-state index contributed by atoms with van der Waals surface area (Å²) in [7, 11) is 0. The van der Waals surface area contributed by atoms with Crippen LogP contribution >= 0.6 is 24.8 Å². The van der Waals surface area contributed by atoms with Crippen LogP contribution in [0.3, 0.4) is 0 Å². The van der Waals surface area contributed by atoms with Gasteiger partial charge in [0.2, 0.25) is 5.91 Å². The summed E-state index contributed by atoms with van der Waals surface area (Å²) in [5.74, 6) is 2.17. The lowest BCUT2D eigenvalue weighted by Gasteiger charge is -2.30. The Labute approximate surface area is 181 Å². The van der Waals surface area contributed by atoms with E-state index in [1.54, 1.807) is 0 Å². The maximum atomic E-state index is 12.6. The Morgan fingerprint density at radius 1 is 1.04 bits per heavy atom. The Balaban J connectivity index is 0.00000140. The van der Waals surface area contributed by atoms with Crippen LogP contribution in [0.15, 0.2) is 24.3 Å². The second-order valence-electron chi connectivity index (χ2n) is 8.93. The molecule has 0 spiro atoms. The zero-order valence-electron chi connectivity index (χ0n) is 16.8. The second kappa shape index (κ2) is 10.3. The summed E-state index contributed by atoms with van der Waals surface area (Å²) in [6.07, 6.45) is 6.18. The molecule has 3 N–H and O–H groups in total. The van der Waals surface area contributed by atoms with Crippen LogP contribution in [0, 0.1) is 23.7 Å². The van der Waals surface area contributed by atoms with Crippen molar-refractivity contribution in [1.29, 1.82) is 0 Å². The number of carbonyl (C=O) groups is 1. The molecule has 2 saturated carbocycles. The highest BCUT2D eigenvalue weighted by molar-refractivity contribution is 5.85. The number of piperidine rings is 1. The van der Waals surface area contributed by atoms with Crippen molar-refractivity contribution in [2.24, 2.45) is 29.4 Å². The predicted molar refractivity (Wildman–Crippen MR) is 119 cm³/mol. The molecule has 158 valence electrons. The molecule has 4 rings (SSSR count). The molecular weight excluding hydrogens is 393 g/mol. The third-order valence-electron chi connectivity index (χ3n) is 7.06. The average Bonchev–Trinajstić information content (AvgIpc) is 3.24. The normalized spacial score (nSPS) is 29.8. The summed E-state index contributed by atoms with van der Waals surface area (Å²) < 4.78 is 0. The summed E-state index contributed by atoms with van der Waals surface area (Å²) in [5.41, 5.74) is 8.82. The van der Waals surface area contributed by atoms with Gasteiger partial charge in [0.25, 0.3) is 0 Å². The Morgan fingerprint density at radius 3 is 2.25 bits per heavy atom. The van der Waals surface area contributed by atoms with Crippen molar-refractivity contribution in [3.63, 3.8) is 0 Å². The van der Waals surface area contributed by atoms with Crippen molar-refractivity contribution in [3.8, 4) is 0 Å². The molecule has 3 fully saturated rings. The first-order valence-corrected chi connectivity index (χ1v) is 10.4. The quantitative estimate of drug-likeness (QED) is 0.751. The van der Waals surface area contributed by atoms with Crippen LogP contribution in [0.5, 0.6) is 0 Å². The van der Waals surface area contributed by atoms with Crippen molar-refractivity contribution in [1.82, 2.24) is 10.2 Å². The topological polar surface area (TPSA) is 58.4 Å². The van der Waals surface area contributed by atoms with Gasteiger partial charge in [0, 0.05) is 19.1 Å². The van der Waals surface area contributed by atoms with Crippen molar-refractivity contribution in [3.05, 3.63) is 35.4 Å². The number of benzene rings is 1. The highest BCUT2D eigenvalue weighted by Crippen LogP contribution is 2.47. The number of nitrogens with one attached hydrogen (secondary N) is 1. The first-order chi connectivity index (χ1) is 12.6. The molecule has 4 nitrogen and oxygen atoms in total. The number of hydrogen-bond donors (Lipinski definition) is 2. The molecule has 1 aromatic carbocycles. The van der Waals surface area contributed by atoms with Gasteiger partial charge in [-0.15, -0.1) is 24.8 Å². The van der Waals surface area contributed by atoms with Gasteiger partial charge >= 0.3 is 0 Å². The molecule has 4 atom stereocenters. The van der Waals surface area contributed by atoms with Crippen LogP contribution in [0.25, 0.3) is 0 Å². The molecule has 6 heteroatoms. The number of carbonyl (C=O) groups excluding carboxylic acids is 1. The van der Waals surface area contributed by atoms with Gasteiger partial charge < -0.3 is 11.1 Å². The Bertz CT molecular complexity index is 629. The fraction of sp³-hybridized carbons (Fsp3) is 0.682. The molecule has 0 radical (unpaired) electrons. The van der Waals surface area contributed by atoms with Crippen molar-refractivity contribution in [2.75, 3.05) is 13.1 Å². The third kappa shape index (κ3) is 5.21. The monoisotopic (exact) mass is 427 g/mol. The SMILES string of the molecule is CC1CCN(Cc2ccc(CNC(=O)C3C4CCC(C4)C3N)cc2)CC1.Cl.Cl. The number of nitrogens with two attached hydrogens (primary N) is 1. The summed E-state index contributed by atoms with van der Waals surface area (Å²) in [6, 6.07) is 8.81. The molecule has 1 heterocycles. The Morgan fingerprint density at radius 2 is 1.64 bits per heavy atom.